The molecule has 0 spiro atoms. The number of carbonyl (C=O) groups is 1. The SMILES string of the molecule is Cc1oc2ccc(O)c(C[NH+]3CCCC3)c2c1C(=O)NC1CCCC1. The molecule has 1 aliphatic carbocycles. The van der Waals surface area contributed by atoms with Gasteiger partial charge in [0.1, 0.15) is 23.6 Å². The minimum atomic E-state index is -0.0635. The highest BCUT2D eigenvalue weighted by molar-refractivity contribution is 6.09. The molecule has 25 heavy (non-hydrogen) atoms. The number of carbonyl (C=O) groups excluding carboxylic acids is 1. The van der Waals surface area contributed by atoms with Gasteiger partial charge >= 0.3 is 0 Å². The van der Waals surface area contributed by atoms with E-state index in [4.69, 9.17) is 4.42 Å². The fourth-order valence-corrected chi connectivity index (χ4v) is 4.45. The molecule has 2 fully saturated rings. The number of rotatable bonds is 4. The maximum absolute atomic E-state index is 12.9. The molecule has 3 N–H and O–H groups in total. The summed E-state index contributed by atoms with van der Waals surface area (Å²) in [4.78, 5) is 14.4. The molecule has 2 aliphatic rings. The number of aryl methyl sites for hydroxylation is 1. The van der Waals surface area contributed by atoms with Crippen molar-refractivity contribution >= 4 is 16.9 Å². The van der Waals surface area contributed by atoms with Crippen LogP contribution in [0.25, 0.3) is 11.0 Å². The number of fused-ring (bicyclic) bond motifs is 1. The van der Waals surface area contributed by atoms with Gasteiger partial charge in [-0.2, -0.15) is 0 Å². The number of aromatic hydroxyl groups is 1. The van der Waals surface area contributed by atoms with Crippen molar-refractivity contribution in [3.05, 3.63) is 29.0 Å². The zero-order valence-electron chi connectivity index (χ0n) is 14.9. The molecule has 0 atom stereocenters. The van der Waals surface area contributed by atoms with Crippen molar-refractivity contribution < 1.29 is 19.2 Å². The second-order valence-electron chi connectivity index (χ2n) is 7.56. The second-order valence-corrected chi connectivity index (χ2v) is 7.56. The fraction of sp³-hybridized carbons (Fsp3) is 0.550. The van der Waals surface area contributed by atoms with Crippen molar-refractivity contribution in [2.45, 2.75) is 58.0 Å². The van der Waals surface area contributed by atoms with Gasteiger partial charge in [0.15, 0.2) is 0 Å². The van der Waals surface area contributed by atoms with Crippen LogP contribution in [-0.2, 0) is 6.54 Å². The summed E-state index contributed by atoms with van der Waals surface area (Å²) in [6.45, 7) is 4.82. The summed E-state index contributed by atoms with van der Waals surface area (Å²) in [6, 6.07) is 3.73. The number of quaternary nitrogens is 1. The van der Waals surface area contributed by atoms with Crippen LogP contribution in [0.5, 0.6) is 5.75 Å². The van der Waals surface area contributed by atoms with Gasteiger partial charge in [-0.15, -0.1) is 0 Å². The average Bonchev–Trinajstić information content (AvgIpc) is 3.30. The van der Waals surface area contributed by atoms with Crippen molar-refractivity contribution in [1.29, 1.82) is 0 Å². The summed E-state index contributed by atoms with van der Waals surface area (Å²) in [5.74, 6) is 0.836. The average molecular weight is 343 g/mol. The highest BCUT2D eigenvalue weighted by Gasteiger charge is 2.27. The maximum atomic E-state index is 12.9. The van der Waals surface area contributed by atoms with E-state index in [-0.39, 0.29) is 17.7 Å². The van der Waals surface area contributed by atoms with Gasteiger partial charge in [0.25, 0.3) is 5.91 Å². The smallest absolute Gasteiger partial charge is 0.255 e. The third-order valence-electron chi connectivity index (χ3n) is 5.77. The van der Waals surface area contributed by atoms with E-state index in [9.17, 15) is 9.90 Å². The highest BCUT2D eigenvalue weighted by atomic mass is 16.3. The zero-order valence-corrected chi connectivity index (χ0v) is 14.9. The van der Waals surface area contributed by atoms with Crippen LogP contribution in [0.4, 0.5) is 0 Å². The number of likely N-dealkylation sites (tertiary alicyclic amines) is 1. The predicted molar refractivity (Wildman–Crippen MR) is 96.0 cm³/mol. The predicted octanol–water partition coefficient (Wildman–Crippen LogP) is 2.30. The minimum absolute atomic E-state index is 0.0635. The Balaban J connectivity index is 1.73. The van der Waals surface area contributed by atoms with E-state index in [0.717, 1.165) is 43.4 Å². The fourth-order valence-electron chi connectivity index (χ4n) is 4.45. The standard InChI is InChI=1S/C20H26N2O3/c1-13-18(20(24)21-14-6-2-3-7-14)19-15(12-22-10-4-5-11-22)16(23)8-9-17(19)25-13/h8-9,14,23H,2-7,10-12H2,1H3,(H,21,24)/p+1. The van der Waals surface area contributed by atoms with Gasteiger partial charge in [-0.25, -0.2) is 0 Å². The molecule has 5 nitrogen and oxygen atoms in total. The van der Waals surface area contributed by atoms with Gasteiger partial charge in [-0.05, 0) is 31.9 Å². The number of nitrogens with one attached hydrogen (secondary N) is 2. The number of hydrogen-bond donors (Lipinski definition) is 3. The number of phenols is 1. The van der Waals surface area contributed by atoms with Crippen molar-refractivity contribution in [3.8, 4) is 5.75 Å². The van der Waals surface area contributed by atoms with Crippen LogP contribution in [0.3, 0.4) is 0 Å². The van der Waals surface area contributed by atoms with E-state index in [1.807, 2.05) is 6.92 Å². The molecule has 1 saturated heterocycles. The van der Waals surface area contributed by atoms with Crippen molar-refractivity contribution in [2.75, 3.05) is 13.1 Å². The lowest BCUT2D eigenvalue weighted by Crippen LogP contribution is -3.08. The lowest BCUT2D eigenvalue weighted by atomic mass is 10.0. The Morgan fingerprint density at radius 2 is 1.96 bits per heavy atom. The maximum Gasteiger partial charge on any atom is 0.255 e. The Labute approximate surface area is 148 Å². The first-order chi connectivity index (χ1) is 12.1. The molecule has 5 heteroatoms. The molecule has 0 unspecified atom stereocenters. The van der Waals surface area contributed by atoms with E-state index in [1.54, 1.807) is 12.1 Å². The summed E-state index contributed by atoms with van der Waals surface area (Å²) >= 11 is 0. The third kappa shape index (κ3) is 3.13. The molecule has 2 heterocycles. The Bertz CT molecular complexity index is 784. The Morgan fingerprint density at radius 3 is 2.68 bits per heavy atom. The lowest BCUT2D eigenvalue weighted by Gasteiger charge is -2.15. The summed E-state index contributed by atoms with van der Waals surface area (Å²) in [6.07, 6.45) is 6.92. The van der Waals surface area contributed by atoms with E-state index < -0.39 is 0 Å². The quantitative estimate of drug-likeness (QED) is 0.798. The Hall–Kier alpha value is -2.01. The monoisotopic (exact) mass is 343 g/mol. The summed E-state index contributed by atoms with van der Waals surface area (Å²) in [7, 11) is 0. The van der Waals surface area contributed by atoms with Crippen molar-refractivity contribution in [3.63, 3.8) is 0 Å². The largest absolute Gasteiger partial charge is 0.507 e. The number of amides is 1. The molecule has 1 aliphatic heterocycles. The van der Waals surface area contributed by atoms with Gasteiger partial charge in [-0.3, -0.25) is 4.79 Å². The van der Waals surface area contributed by atoms with E-state index in [0.29, 0.717) is 16.9 Å². The van der Waals surface area contributed by atoms with Crippen molar-refractivity contribution in [2.24, 2.45) is 0 Å². The second kappa shape index (κ2) is 6.71. The van der Waals surface area contributed by atoms with Gasteiger partial charge in [0.05, 0.1) is 24.2 Å². The van der Waals surface area contributed by atoms with Crippen LogP contribution in [0.2, 0.25) is 0 Å². The highest BCUT2D eigenvalue weighted by Crippen LogP contribution is 2.34. The first-order valence-corrected chi connectivity index (χ1v) is 9.52. The molecule has 1 aromatic heterocycles. The van der Waals surface area contributed by atoms with E-state index in [1.165, 1.54) is 30.6 Å². The number of furan rings is 1. The molecule has 1 amide bonds. The molecule has 1 aromatic carbocycles. The minimum Gasteiger partial charge on any atom is -0.507 e. The molecule has 4 rings (SSSR count). The third-order valence-corrected chi connectivity index (χ3v) is 5.77. The van der Waals surface area contributed by atoms with Gasteiger partial charge in [0.2, 0.25) is 0 Å². The number of phenolic OH excluding ortho intramolecular Hbond substituents is 1. The molecule has 2 aromatic rings. The molecular weight excluding hydrogens is 316 g/mol. The number of benzene rings is 1. The first-order valence-electron chi connectivity index (χ1n) is 9.52. The van der Waals surface area contributed by atoms with Gasteiger partial charge < -0.3 is 19.7 Å². The van der Waals surface area contributed by atoms with Crippen LogP contribution >= 0.6 is 0 Å². The van der Waals surface area contributed by atoms with E-state index >= 15 is 0 Å². The summed E-state index contributed by atoms with van der Waals surface area (Å²) in [5, 5.41) is 14.4. The topological polar surface area (TPSA) is 66.9 Å². The van der Waals surface area contributed by atoms with Crippen LogP contribution in [0, 0.1) is 6.92 Å². The van der Waals surface area contributed by atoms with E-state index in [2.05, 4.69) is 5.32 Å². The van der Waals surface area contributed by atoms with Gasteiger partial charge in [0, 0.05) is 24.3 Å². The molecular formula is C20H27N2O3+. The first kappa shape index (κ1) is 16.5. The Kier molecular flexibility index (Phi) is 4.42. The lowest BCUT2D eigenvalue weighted by molar-refractivity contribution is -0.901. The molecule has 0 bridgehead atoms. The number of hydrogen-bond acceptors (Lipinski definition) is 3. The summed E-state index contributed by atoms with van der Waals surface area (Å²) in [5.41, 5.74) is 2.15. The van der Waals surface area contributed by atoms with Crippen LogP contribution < -0.4 is 10.2 Å². The van der Waals surface area contributed by atoms with Crippen LogP contribution in [0.1, 0.15) is 60.2 Å². The Morgan fingerprint density at radius 1 is 1.24 bits per heavy atom. The van der Waals surface area contributed by atoms with Gasteiger partial charge in [-0.1, -0.05) is 12.8 Å². The molecule has 134 valence electrons. The van der Waals surface area contributed by atoms with Crippen molar-refractivity contribution in [1.82, 2.24) is 5.32 Å². The molecule has 0 radical (unpaired) electrons. The summed E-state index contributed by atoms with van der Waals surface area (Å²) < 4.78 is 5.86. The van der Waals surface area contributed by atoms with Crippen LogP contribution in [-0.4, -0.2) is 30.1 Å². The normalized spacial score (nSPS) is 19.1. The molecule has 1 saturated carbocycles. The zero-order chi connectivity index (χ0) is 17.4. The van der Waals surface area contributed by atoms with Crippen LogP contribution in [0.15, 0.2) is 16.5 Å².